The normalized spacial score (nSPS) is 24.9. The molecule has 1 heterocycles. The molecule has 4 nitrogen and oxygen atoms in total. The van der Waals surface area contributed by atoms with E-state index in [2.05, 4.69) is 0 Å². The first-order chi connectivity index (χ1) is 8.56. The topological polar surface area (TPSA) is 63.6 Å². The average molecular weight is 289 g/mol. The maximum Gasteiger partial charge on any atom is 0.332 e. The lowest BCUT2D eigenvalue weighted by Gasteiger charge is -2.10. The van der Waals surface area contributed by atoms with Crippen LogP contribution >= 0.6 is 11.6 Å². The molecule has 0 aromatic heterocycles. The van der Waals surface area contributed by atoms with Crippen molar-refractivity contribution in [1.82, 2.24) is 0 Å². The van der Waals surface area contributed by atoms with Crippen molar-refractivity contribution < 1.29 is 18.8 Å². The van der Waals surface area contributed by atoms with Gasteiger partial charge in [0.05, 0.1) is 22.7 Å². The molecule has 18 heavy (non-hydrogen) atoms. The minimum absolute atomic E-state index is 0.258. The largest absolute Gasteiger partial charge is 0.479 e. The van der Waals surface area contributed by atoms with E-state index in [1.165, 1.54) is 0 Å². The molecule has 0 bridgehead atoms. The summed E-state index contributed by atoms with van der Waals surface area (Å²) in [5.41, 5.74) is 0. The molecule has 3 atom stereocenters. The van der Waals surface area contributed by atoms with Gasteiger partial charge in [0, 0.05) is 9.92 Å². The molecule has 2 rings (SSSR count). The number of hydrogen-bond acceptors (Lipinski definition) is 3. The van der Waals surface area contributed by atoms with Crippen molar-refractivity contribution in [2.45, 2.75) is 29.9 Å². The fourth-order valence-corrected chi connectivity index (χ4v) is 3.40. The Kier molecular flexibility index (Phi) is 4.37. The van der Waals surface area contributed by atoms with Crippen molar-refractivity contribution in [1.29, 1.82) is 0 Å². The summed E-state index contributed by atoms with van der Waals surface area (Å²) < 4.78 is 17.4. The van der Waals surface area contributed by atoms with E-state index in [0.29, 0.717) is 28.5 Å². The molecule has 1 aliphatic heterocycles. The highest BCUT2D eigenvalue weighted by Crippen LogP contribution is 2.23. The second kappa shape index (κ2) is 5.82. The standard InChI is InChI=1S/C12H13ClO4S/c13-8-2-1-3-10(6-8)18(16)7-9-4-5-11(17-9)12(14)15/h1-3,6,9,11H,4-5,7H2,(H,14,15). The summed E-state index contributed by atoms with van der Waals surface area (Å²) in [6.07, 6.45) is 0.0908. The molecule has 6 heteroatoms. The van der Waals surface area contributed by atoms with Gasteiger partial charge in [-0.15, -0.1) is 0 Å². The van der Waals surface area contributed by atoms with Crippen LogP contribution in [0.25, 0.3) is 0 Å². The Morgan fingerprint density at radius 3 is 2.89 bits per heavy atom. The molecular weight excluding hydrogens is 276 g/mol. The number of carboxylic acids is 1. The van der Waals surface area contributed by atoms with Crippen LogP contribution in [0.2, 0.25) is 5.02 Å². The zero-order valence-corrected chi connectivity index (χ0v) is 11.1. The number of carboxylic acid groups (broad SMARTS) is 1. The van der Waals surface area contributed by atoms with Gasteiger partial charge in [0.2, 0.25) is 0 Å². The van der Waals surface area contributed by atoms with Crippen LogP contribution in [-0.4, -0.2) is 33.2 Å². The van der Waals surface area contributed by atoms with Gasteiger partial charge >= 0.3 is 5.97 Å². The fourth-order valence-electron chi connectivity index (χ4n) is 1.88. The summed E-state index contributed by atoms with van der Waals surface area (Å²) in [6.45, 7) is 0. The van der Waals surface area contributed by atoms with Crippen molar-refractivity contribution in [3.05, 3.63) is 29.3 Å². The van der Waals surface area contributed by atoms with E-state index in [-0.39, 0.29) is 6.10 Å². The minimum Gasteiger partial charge on any atom is -0.479 e. The van der Waals surface area contributed by atoms with E-state index in [4.69, 9.17) is 21.4 Å². The van der Waals surface area contributed by atoms with Gasteiger partial charge in [-0.05, 0) is 31.0 Å². The summed E-state index contributed by atoms with van der Waals surface area (Å²) in [5.74, 6) is -0.643. The zero-order valence-electron chi connectivity index (χ0n) is 9.54. The molecular formula is C12H13ClO4S. The molecule has 0 radical (unpaired) electrons. The Labute approximate surface area is 112 Å². The van der Waals surface area contributed by atoms with Crippen LogP contribution < -0.4 is 0 Å². The Morgan fingerprint density at radius 2 is 2.28 bits per heavy atom. The van der Waals surface area contributed by atoms with E-state index < -0.39 is 22.9 Å². The summed E-state index contributed by atoms with van der Waals surface area (Å²) in [7, 11) is -1.21. The Hall–Kier alpha value is -0.910. The number of ether oxygens (including phenoxy) is 1. The second-order valence-electron chi connectivity index (χ2n) is 4.13. The quantitative estimate of drug-likeness (QED) is 0.921. The fraction of sp³-hybridized carbons (Fsp3) is 0.417. The summed E-state index contributed by atoms with van der Waals surface area (Å²) in [5, 5.41) is 9.34. The molecule has 98 valence electrons. The highest BCUT2D eigenvalue weighted by molar-refractivity contribution is 7.85. The molecule has 1 aliphatic rings. The van der Waals surface area contributed by atoms with Crippen LogP contribution in [0.4, 0.5) is 0 Å². The van der Waals surface area contributed by atoms with Crippen LogP contribution in [0.5, 0.6) is 0 Å². The van der Waals surface area contributed by atoms with Gasteiger partial charge in [0.1, 0.15) is 0 Å². The first-order valence-electron chi connectivity index (χ1n) is 5.58. The van der Waals surface area contributed by atoms with Crippen LogP contribution in [0.3, 0.4) is 0 Å². The first kappa shape index (κ1) is 13.5. The van der Waals surface area contributed by atoms with Crippen LogP contribution in [0, 0.1) is 0 Å². The van der Waals surface area contributed by atoms with E-state index in [1.807, 2.05) is 0 Å². The Bertz CT molecular complexity index is 477. The van der Waals surface area contributed by atoms with E-state index >= 15 is 0 Å². The molecule has 1 N–H and O–H groups in total. The van der Waals surface area contributed by atoms with Gasteiger partial charge in [-0.25, -0.2) is 4.79 Å². The second-order valence-corrected chi connectivity index (χ2v) is 6.06. The third-order valence-corrected chi connectivity index (χ3v) is 4.47. The predicted octanol–water partition coefficient (Wildman–Crippen LogP) is 2.08. The van der Waals surface area contributed by atoms with Crippen LogP contribution in [0.1, 0.15) is 12.8 Å². The van der Waals surface area contributed by atoms with Gasteiger partial charge in [-0.2, -0.15) is 0 Å². The summed E-state index contributed by atoms with van der Waals surface area (Å²) >= 11 is 5.83. The molecule has 0 spiro atoms. The zero-order chi connectivity index (χ0) is 13.1. The number of carbonyl (C=O) groups is 1. The molecule has 1 aromatic rings. The lowest BCUT2D eigenvalue weighted by Crippen LogP contribution is -2.23. The predicted molar refractivity (Wildman–Crippen MR) is 68.3 cm³/mol. The highest BCUT2D eigenvalue weighted by atomic mass is 35.5. The van der Waals surface area contributed by atoms with Crippen molar-refractivity contribution in [2.75, 3.05) is 5.75 Å². The molecule has 3 unspecified atom stereocenters. The third-order valence-electron chi connectivity index (χ3n) is 2.78. The SMILES string of the molecule is O=C(O)C1CCC(CS(=O)c2cccc(Cl)c2)O1. The Morgan fingerprint density at radius 1 is 1.50 bits per heavy atom. The minimum atomic E-state index is -1.21. The van der Waals surface area contributed by atoms with E-state index in [1.54, 1.807) is 24.3 Å². The van der Waals surface area contributed by atoms with E-state index in [0.717, 1.165) is 0 Å². The molecule has 0 amide bonds. The van der Waals surface area contributed by atoms with Crippen LogP contribution in [0.15, 0.2) is 29.2 Å². The number of aliphatic carboxylic acids is 1. The smallest absolute Gasteiger partial charge is 0.332 e. The summed E-state index contributed by atoms with van der Waals surface area (Å²) in [4.78, 5) is 11.4. The average Bonchev–Trinajstić information content (AvgIpc) is 2.77. The van der Waals surface area contributed by atoms with Crippen molar-refractivity contribution >= 4 is 28.4 Å². The molecule has 1 saturated heterocycles. The van der Waals surface area contributed by atoms with Crippen molar-refractivity contribution in [2.24, 2.45) is 0 Å². The number of rotatable bonds is 4. The molecule has 0 saturated carbocycles. The van der Waals surface area contributed by atoms with Crippen LogP contribution in [-0.2, 0) is 20.3 Å². The maximum absolute atomic E-state index is 12.1. The monoisotopic (exact) mass is 288 g/mol. The third kappa shape index (κ3) is 3.31. The maximum atomic E-state index is 12.1. The highest BCUT2D eigenvalue weighted by Gasteiger charge is 2.31. The van der Waals surface area contributed by atoms with Gasteiger partial charge in [0.25, 0.3) is 0 Å². The van der Waals surface area contributed by atoms with Gasteiger partial charge in [-0.1, -0.05) is 17.7 Å². The molecule has 0 aliphatic carbocycles. The summed E-state index contributed by atoms with van der Waals surface area (Å²) in [6, 6.07) is 6.85. The van der Waals surface area contributed by atoms with Gasteiger partial charge in [0.15, 0.2) is 6.10 Å². The van der Waals surface area contributed by atoms with Crippen molar-refractivity contribution in [3.63, 3.8) is 0 Å². The van der Waals surface area contributed by atoms with E-state index in [9.17, 15) is 9.00 Å². The molecule has 1 fully saturated rings. The van der Waals surface area contributed by atoms with Gasteiger partial charge in [-0.3, -0.25) is 4.21 Å². The van der Waals surface area contributed by atoms with Gasteiger partial charge < -0.3 is 9.84 Å². The molecule has 1 aromatic carbocycles. The first-order valence-corrected chi connectivity index (χ1v) is 7.28. The number of halogens is 1. The number of benzene rings is 1. The lowest BCUT2D eigenvalue weighted by atomic mass is 10.2. The lowest BCUT2D eigenvalue weighted by molar-refractivity contribution is -0.148. The number of hydrogen-bond donors (Lipinski definition) is 1. The van der Waals surface area contributed by atoms with Crippen molar-refractivity contribution in [3.8, 4) is 0 Å². The Balaban J connectivity index is 1.95.